The van der Waals surface area contributed by atoms with E-state index in [1.807, 2.05) is 26.0 Å². The van der Waals surface area contributed by atoms with Gasteiger partial charge in [-0.2, -0.15) is 0 Å². The topological polar surface area (TPSA) is 91.6 Å². The number of rotatable bonds is 8. The van der Waals surface area contributed by atoms with Gasteiger partial charge < -0.3 is 14.8 Å². The minimum absolute atomic E-state index is 0.0110. The van der Waals surface area contributed by atoms with Crippen LogP contribution < -0.4 is 26.0 Å². The quantitative estimate of drug-likeness (QED) is 0.377. The van der Waals surface area contributed by atoms with E-state index in [-0.39, 0.29) is 25.0 Å². The summed E-state index contributed by atoms with van der Waals surface area (Å²) in [7, 11) is 2.98. The van der Waals surface area contributed by atoms with Crippen LogP contribution in [0.1, 0.15) is 35.3 Å². The van der Waals surface area contributed by atoms with Gasteiger partial charge in [-0.05, 0) is 55.3 Å². The zero-order valence-corrected chi connectivity index (χ0v) is 21.8. The number of halogens is 1. The van der Waals surface area contributed by atoms with E-state index in [1.54, 1.807) is 48.5 Å². The zero-order chi connectivity index (χ0) is 26.7. The summed E-state index contributed by atoms with van der Waals surface area (Å²) in [5, 5.41) is 3.70. The van der Waals surface area contributed by atoms with E-state index in [4.69, 9.17) is 21.1 Å². The van der Waals surface area contributed by atoms with Crippen molar-refractivity contribution in [1.29, 1.82) is 0 Å². The van der Waals surface area contributed by atoms with Crippen molar-refractivity contribution in [2.45, 2.75) is 33.0 Å². The van der Waals surface area contributed by atoms with Crippen LogP contribution in [-0.2, 0) is 13.1 Å². The molecule has 1 heterocycles. The molecule has 1 amide bonds. The van der Waals surface area contributed by atoms with Gasteiger partial charge in [0.05, 0.1) is 38.2 Å². The summed E-state index contributed by atoms with van der Waals surface area (Å²) in [5.41, 5.74) is 1.49. The van der Waals surface area contributed by atoms with Crippen molar-refractivity contribution in [2.75, 3.05) is 14.2 Å². The van der Waals surface area contributed by atoms with Gasteiger partial charge in [0.1, 0.15) is 0 Å². The predicted octanol–water partition coefficient (Wildman–Crippen LogP) is 4.07. The number of nitrogens with zero attached hydrogens (tertiary/aromatic N) is 2. The highest BCUT2D eigenvalue weighted by atomic mass is 35.5. The average molecular weight is 522 g/mol. The Morgan fingerprint density at radius 3 is 2.16 bits per heavy atom. The number of carbonyl (C=O) groups is 1. The Balaban J connectivity index is 1.84. The van der Waals surface area contributed by atoms with Gasteiger partial charge in [-0.3, -0.25) is 18.7 Å². The standard InChI is InChI=1S/C28H28ClN3O5/c1-17(2)30-26(33)20-10-8-18(9-11-20)15-32-27(34)22-13-24(36-3)25(37-4)14-23(22)31(28(32)35)16-19-6-5-7-21(29)12-19/h5-14,17H,15-16H2,1-4H3,(H,30,33). The van der Waals surface area contributed by atoms with Crippen LogP contribution in [0.25, 0.3) is 10.9 Å². The van der Waals surface area contributed by atoms with E-state index in [2.05, 4.69) is 5.32 Å². The van der Waals surface area contributed by atoms with E-state index >= 15 is 0 Å². The van der Waals surface area contributed by atoms with Crippen molar-refractivity contribution in [3.8, 4) is 11.5 Å². The summed E-state index contributed by atoms with van der Waals surface area (Å²) in [6.07, 6.45) is 0. The molecule has 0 radical (unpaired) electrons. The summed E-state index contributed by atoms with van der Waals surface area (Å²) in [6.45, 7) is 4.00. The van der Waals surface area contributed by atoms with Gasteiger partial charge in [0, 0.05) is 22.7 Å². The molecule has 0 unspecified atom stereocenters. The molecule has 192 valence electrons. The van der Waals surface area contributed by atoms with E-state index in [0.29, 0.717) is 38.6 Å². The Morgan fingerprint density at radius 2 is 1.54 bits per heavy atom. The SMILES string of the molecule is COc1cc2c(=O)n(Cc3ccc(C(=O)NC(C)C)cc3)c(=O)n(Cc3cccc(Cl)c3)c2cc1OC. The number of ether oxygens (including phenoxy) is 2. The lowest BCUT2D eigenvalue weighted by molar-refractivity contribution is 0.0943. The molecule has 0 spiro atoms. The van der Waals surface area contributed by atoms with Crippen LogP contribution in [0.4, 0.5) is 0 Å². The molecule has 37 heavy (non-hydrogen) atoms. The van der Waals surface area contributed by atoms with E-state index in [1.165, 1.54) is 23.4 Å². The molecule has 4 aromatic rings. The molecule has 0 aliphatic rings. The van der Waals surface area contributed by atoms with Crippen LogP contribution in [0, 0.1) is 0 Å². The third kappa shape index (κ3) is 5.54. The van der Waals surface area contributed by atoms with Crippen molar-refractivity contribution in [1.82, 2.24) is 14.5 Å². The third-order valence-corrected chi connectivity index (χ3v) is 6.17. The number of methoxy groups -OCH3 is 2. The Labute approximate surface area is 219 Å². The predicted molar refractivity (Wildman–Crippen MR) is 144 cm³/mol. The van der Waals surface area contributed by atoms with Crippen LogP contribution in [0.3, 0.4) is 0 Å². The summed E-state index contributed by atoms with van der Waals surface area (Å²) < 4.78 is 13.5. The fourth-order valence-corrected chi connectivity index (χ4v) is 4.36. The average Bonchev–Trinajstić information content (AvgIpc) is 2.88. The molecule has 3 aromatic carbocycles. The van der Waals surface area contributed by atoms with Gasteiger partial charge in [-0.25, -0.2) is 4.79 Å². The number of fused-ring (bicyclic) bond motifs is 1. The number of nitrogens with one attached hydrogen (secondary N) is 1. The monoisotopic (exact) mass is 521 g/mol. The van der Waals surface area contributed by atoms with Crippen molar-refractivity contribution in [3.63, 3.8) is 0 Å². The Hall–Kier alpha value is -4.04. The number of carbonyl (C=O) groups excluding carboxylic acids is 1. The Morgan fingerprint density at radius 1 is 0.892 bits per heavy atom. The summed E-state index contributed by atoms with van der Waals surface area (Å²) in [4.78, 5) is 39.5. The normalized spacial score (nSPS) is 11.1. The van der Waals surface area contributed by atoms with E-state index in [0.717, 1.165) is 5.56 Å². The lowest BCUT2D eigenvalue weighted by Crippen LogP contribution is -2.40. The second-order valence-corrected chi connectivity index (χ2v) is 9.38. The first-order valence-corrected chi connectivity index (χ1v) is 12.1. The van der Waals surface area contributed by atoms with Crippen LogP contribution in [-0.4, -0.2) is 35.3 Å². The number of aromatic nitrogens is 2. The number of hydrogen-bond acceptors (Lipinski definition) is 5. The molecular weight excluding hydrogens is 494 g/mol. The maximum Gasteiger partial charge on any atom is 0.332 e. The summed E-state index contributed by atoms with van der Waals surface area (Å²) >= 11 is 6.18. The molecule has 0 aliphatic carbocycles. The molecule has 8 nitrogen and oxygen atoms in total. The fraction of sp³-hybridized carbons (Fsp3) is 0.250. The molecule has 0 bridgehead atoms. The fourth-order valence-electron chi connectivity index (χ4n) is 4.14. The molecule has 4 rings (SSSR count). The summed E-state index contributed by atoms with van der Waals surface area (Å²) in [6, 6.07) is 17.3. The van der Waals surface area contributed by atoms with Gasteiger partial charge in [0.15, 0.2) is 11.5 Å². The van der Waals surface area contributed by atoms with E-state index in [9.17, 15) is 14.4 Å². The molecule has 0 fully saturated rings. The molecule has 0 saturated heterocycles. The molecule has 9 heteroatoms. The van der Waals surface area contributed by atoms with Crippen molar-refractivity contribution in [2.24, 2.45) is 0 Å². The Kier molecular flexibility index (Phi) is 7.69. The molecule has 1 aromatic heterocycles. The number of hydrogen-bond donors (Lipinski definition) is 1. The van der Waals surface area contributed by atoms with E-state index < -0.39 is 11.2 Å². The van der Waals surface area contributed by atoms with Crippen LogP contribution in [0.15, 0.2) is 70.3 Å². The highest BCUT2D eigenvalue weighted by Crippen LogP contribution is 2.30. The number of benzene rings is 3. The molecule has 1 N–H and O–H groups in total. The van der Waals surface area contributed by atoms with Gasteiger partial charge in [-0.1, -0.05) is 35.9 Å². The Bertz CT molecular complexity index is 1570. The van der Waals surface area contributed by atoms with Gasteiger partial charge in [0.2, 0.25) is 0 Å². The summed E-state index contributed by atoms with van der Waals surface area (Å²) in [5.74, 6) is 0.600. The minimum atomic E-state index is -0.480. The maximum atomic E-state index is 13.7. The molecule has 0 saturated carbocycles. The number of amides is 1. The van der Waals surface area contributed by atoms with Gasteiger partial charge in [0.25, 0.3) is 11.5 Å². The van der Waals surface area contributed by atoms with Crippen LogP contribution >= 0.6 is 11.6 Å². The highest BCUT2D eigenvalue weighted by Gasteiger charge is 2.18. The smallest absolute Gasteiger partial charge is 0.332 e. The van der Waals surface area contributed by atoms with Crippen LogP contribution in [0.5, 0.6) is 11.5 Å². The first kappa shape index (κ1) is 26.0. The van der Waals surface area contributed by atoms with Crippen molar-refractivity contribution >= 4 is 28.4 Å². The van der Waals surface area contributed by atoms with Gasteiger partial charge >= 0.3 is 5.69 Å². The first-order chi connectivity index (χ1) is 17.7. The lowest BCUT2D eigenvalue weighted by atomic mass is 10.1. The van der Waals surface area contributed by atoms with Crippen molar-refractivity contribution < 1.29 is 14.3 Å². The minimum Gasteiger partial charge on any atom is -0.493 e. The maximum absolute atomic E-state index is 13.7. The molecule has 0 atom stereocenters. The molecule has 0 aliphatic heterocycles. The third-order valence-electron chi connectivity index (χ3n) is 5.94. The zero-order valence-electron chi connectivity index (χ0n) is 21.1. The van der Waals surface area contributed by atoms with Gasteiger partial charge in [-0.15, -0.1) is 0 Å². The lowest BCUT2D eigenvalue weighted by Gasteiger charge is -2.17. The molecular formula is C28H28ClN3O5. The van der Waals surface area contributed by atoms with Crippen LogP contribution in [0.2, 0.25) is 5.02 Å². The largest absolute Gasteiger partial charge is 0.493 e. The second-order valence-electron chi connectivity index (χ2n) is 8.94. The van der Waals surface area contributed by atoms with Crippen molar-refractivity contribution in [3.05, 3.63) is 103 Å². The second kappa shape index (κ2) is 10.9. The first-order valence-electron chi connectivity index (χ1n) is 11.8. The highest BCUT2D eigenvalue weighted by molar-refractivity contribution is 6.30.